The van der Waals surface area contributed by atoms with Crippen LogP contribution in [0.5, 0.6) is 5.75 Å². The monoisotopic (exact) mass is 507 g/mol. The van der Waals surface area contributed by atoms with Gasteiger partial charge in [-0.05, 0) is 31.0 Å². The summed E-state index contributed by atoms with van der Waals surface area (Å²) in [7, 11) is -3.74. The van der Waals surface area contributed by atoms with E-state index in [0.717, 1.165) is 31.4 Å². The normalized spacial score (nSPS) is 19.0. The van der Waals surface area contributed by atoms with Crippen LogP contribution >= 0.6 is 0 Å². The Morgan fingerprint density at radius 2 is 1.94 bits per heavy atom. The number of carbonyl (C=O) groups excluding carboxylic acids is 1. The van der Waals surface area contributed by atoms with Gasteiger partial charge in [-0.1, -0.05) is 0 Å². The van der Waals surface area contributed by atoms with Crippen molar-refractivity contribution in [1.82, 2.24) is 14.7 Å². The number of nitrogens with zero attached hydrogens (tertiary/aromatic N) is 3. The van der Waals surface area contributed by atoms with Crippen molar-refractivity contribution in [3.05, 3.63) is 41.2 Å². The molecule has 0 unspecified atom stereocenters. The molecule has 0 radical (unpaired) electrons. The number of amides is 1. The molecule has 1 aromatic carbocycles. The fourth-order valence-electron chi connectivity index (χ4n) is 4.06. The highest BCUT2D eigenvalue weighted by Crippen LogP contribution is 2.43. The van der Waals surface area contributed by atoms with E-state index in [0.29, 0.717) is 17.8 Å². The molecule has 1 aliphatic carbocycles. The van der Waals surface area contributed by atoms with Gasteiger partial charge in [-0.25, -0.2) is 17.2 Å². The molecule has 1 saturated carbocycles. The third-order valence-electron chi connectivity index (χ3n) is 5.91. The van der Waals surface area contributed by atoms with Gasteiger partial charge in [-0.3, -0.25) is 9.48 Å². The van der Waals surface area contributed by atoms with E-state index in [1.165, 1.54) is 4.90 Å². The maximum Gasteiger partial charge on any atom is 0.425 e. The van der Waals surface area contributed by atoms with Gasteiger partial charge in [0.25, 0.3) is 5.91 Å². The molecule has 1 atom stereocenters. The smallest absolute Gasteiger partial charge is 0.425 e. The number of alkyl halides is 5. The molecular weight excluding hydrogens is 485 g/mol. The highest BCUT2D eigenvalue weighted by Gasteiger charge is 2.45. The Kier molecular flexibility index (Phi) is 5.90. The number of carbonyl (C=O) groups is 1. The number of fused-ring (bicyclic) bond motifs is 1. The zero-order valence-electron chi connectivity index (χ0n) is 18.3. The number of sulfone groups is 1. The summed E-state index contributed by atoms with van der Waals surface area (Å²) in [5.41, 5.74) is 0.920. The molecule has 1 fully saturated rings. The first-order valence-corrected chi connectivity index (χ1v) is 12.3. The van der Waals surface area contributed by atoms with E-state index >= 15 is 0 Å². The zero-order valence-corrected chi connectivity index (χ0v) is 19.1. The van der Waals surface area contributed by atoms with Crippen molar-refractivity contribution in [3.8, 4) is 5.75 Å². The van der Waals surface area contributed by atoms with Crippen LogP contribution in [0.1, 0.15) is 41.4 Å². The van der Waals surface area contributed by atoms with Crippen molar-refractivity contribution in [1.29, 1.82) is 0 Å². The highest BCUT2D eigenvalue weighted by atomic mass is 32.2. The van der Waals surface area contributed by atoms with Crippen molar-refractivity contribution >= 4 is 15.7 Å². The topological polar surface area (TPSA) is 81.5 Å². The molecule has 0 saturated heterocycles. The minimum absolute atomic E-state index is 0.0410. The summed E-state index contributed by atoms with van der Waals surface area (Å²) < 4.78 is 95.5. The first-order chi connectivity index (χ1) is 15.6. The van der Waals surface area contributed by atoms with Crippen LogP contribution in [-0.2, 0) is 29.5 Å². The second-order valence-electron chi connectivity index (χ2n) is 8.85. The molecule has 2 heterocycles. The van der Waals surface area contributed by atoms with Crippen LogP contribution in [0.4, 0.5) is 22.0 Å². The molecular formula is C21H22F5N3O4S. The molecule has 186 valence electrons. The summed E-state index contributed by atoms with van der Waals surface area (Å²) in [4.78, 5) is 14.3. The van der Waals surface area contributed by atoms with Crippen LogP contribution in [0.25, 0.3) is 0 Å². The van der Waals surface area contributed by atoms with Crippen LogP contribution in [-0.4, -0.2) is 53.5 Å². The van der Waals surface area contributed by atoms with Gasteiger partial charge in [0.2, 0.25) is 5.92 Å². The summed E-state index contributed by atoms with van der Waals surface area (Å²) in [5, 5.41) is 4.35. The van der Waals surface area contributed by atoms with Crippen LogP contribution in [0.3, 0.4) is 0 Å². The fourth-order valence-corrected chi connectivity index (χ4v) is 4.71. The van der Waals surface area contributed by atoms with E-state index in [4.69, 9.17) is 4.74 Å². The fraction of sp³-hybridized carbons (Fsp3) is 0.524. The van der Waals surface area contributed by atoms with Crippen LogP contribution in [0.15, 0.2) is 29.3 Å². The standard InChI is InChI=1S/C21H22F5N3O4S/c1-12(21(24,25)26)33-18-4-3-15(34(2,31)32)5-16(18)19(30)28-9-14-10-29(27-17(14)11-28)8-13-6-20(22,23)7-13/h3-5,10,12-13H,6-9,11H2,1-2H3/t12-/m0/s1. The number of aromatic nitrogens is 2. The predicted molar refractivity (Wildman–Crippen MR) is 109 cm³/mol. The Hall–Kier alpha value is -2.70. The number of rotatable bonds is 6. The van der Waals surface area contributed by atoms with Gasteiger partial charge in [0, 0.05) is 43.9 Å². The maximum atomic E-state index is 13.2. The third kappa shape index (κ3) is 5.03. The lowest BCUT2D eigenvalue weighted by molar-refractivity contribution is -0.189. The van der Waals surface area contributed by atoms with Crippen molar-refractivity contribution < 1.29 is 39.9 Å². The summed E-state index contributed by atoms with van der Waals surface area (Å²) in [6.07, 6.45) is -4.72. The Balaban J connectivity index is 1.53. The summed E-state index contributed by atoms with van der Waals surface area (Å²) in [5.74, 6) is -3.91. The SMILES string of the molecule is C[C@H](Oc1ccc(S(C)(=O)=O)cc1C(=O)N1Cc2cn(CC3CC(F)(F)C3)nc2C1)C(F)(F)F. The van der Waals surface area contributed by atoms with E-state index in [9.17, 15) is 35.2 Å². The summed E-state index contributed by atoms with van der Waals surface area (Å²) >= 11 is 0. The Bertz CT molecular complexity index is 1190. The lowest BCUT2D eigenvalue weighted by Gasteiger charge is -2.34. The van der Waals surface area contributed by atoms with Crippen LogP contribution in [0.2, 0.25) is 0 Å². The summed E-state index contributed by atoms with van der Waals surface area (Å²) in [6, 6.07) is 3.12. The van der Waals surface area contributed by atoms with Gasteiger partial charge in [-0.15, -0.1) is 0 Å². The third-order valence-corrected chi connectivity index (χ3v) is 7.02. The van der Waals surface area contributed by atoms with Gasteiger partial charge in [0.15, 0.2) is 15.9 Å². The van der Waals surface area contributed by atoms with E-state index in [2.05, 4.69) is 5.10 Å². The second kappa shape index (κ2) is 8.21. The number of benzene rings is 1. The number of hydrogen-bond donors (Lipinski definition) is 0. The molecule has 0 spiro atoms. The van der Waals surface area contributed by atoms with Crippen molar-refractivity contribution in [2.24, 2.45) is 5.92 Å². The average Bonchev–Trinajstić information content (AvgIpc) is 3.23. The minimum atomic E-state index is -4.69. The molecule has 34 heavy (non-hydrogen) atoms. The maximum absolute atomic E-state index is 13.2. The molecule has 2 aromatic rings. The molecule has 1 aliphatic heterocycles. The van der Waals surface area contributed by atoms with E-state index in [1.807, 2.05) is 0 Å². The number of halogens is 5. The molecule has 7 nitrogen and oxygen atoms in total. The van der Waals surface area contributed by atoms with Gasteiger partial charge < -0.3 is 9.64 Å². The molecule has 0 bridgehead atoms. The molecule has 4 rings (SSSR count). The first-order valence-electron chi connectivity index (χ1n) is 10.4. The number of ether oxygens (including phenoxy) is 1. The van der Waals surface area contributed by atoms with E-state index in [-0.39, 0.29) is 48.1 Å². The molecule has 2 aliphatic rings. The quantitative estimate of drug-likeness (QED) is 0.556. The Morgan fingerprint density at radius 1 is 1.26 bits per heavy atom. The molecule has 13 heteroatoms. The van der Waals surface area contributed by atoms with Gasteiger partial charge in [-0.2, -0.15) is 18.3 Å². The minimum Gasteiger partial charge on any atom is -0.480 e. The van der Waals surface area contributed by atoms with E-state index in [1.54, 1.807) is 10.9 Å². The van der Waals surface area contributed by atoms with E-state index < -0.39 is 33.9 Å². The Labute approximate surface area is 192 Å². The van der Waals surface area contributed by atoms with Gasteiger partial charge >= 0.3 is 6.18 Å². The average molecular weight is 507 g/mol. The predicted octanol–water partition coefficient (Wildman–Crippen LogP) is 3.82. The zero-order chi connectivity index (χ0) is 25.1. The van der Waals surface area contributed by atoms with Crippen molar-refractivity contribution in [3.63, 3.8) is 0 Å². The largest absolute Gasteiger partial charge is 0.480 e. The van der Waals surface area contributed by atoms with Gasteiger partial charge in [0.05, 0.1) is 22.7 Å². The van der Waals surface area contributed by atoms with Crippen LogP contribution < -0.4 is 4.74 Å². The van der Waals surface area contributed by atoms with Crippen LogP contribution in [0, 0.1) is 5.92 Å². The lowest BCUT2D eigenvalue weighted by atomic mass is 9.81. The van der Waals surface area contributed by atoms with Crippen molar-refractivity contribution in [2.75, 3.05) is 6.26 Å². The second-order valence-corrected chi connectivity index (χ2v) is 10.9. The molecule has 1 aromatic heterocycles. The highest BCUT2D eigenvalue weighted by molar-refractivity contribution is 7.90. The van der Waals surface area contributed by atoms with Gasteiger partial charge in [0.1, 0.15) is 5.75 Å². The molecule has 0 N–H and O–H groups in total. The first kappa shape index (κ1) is 24.4. The van der Waals surface area contributed by atoms with Crippen molar-refractivity contribution in [2.45, 2.75) is 62.5 Å². The molecule has 1 amide bonds. The lowest BCUT2D eigenvalue weighted by Crippen LogP contribution is -2.37. The Morgan fingerprint density at radius 3 is 2.50 bits per heavy atom. The number of hydrogen-bond acceptors (Lipinski definition) is 5. The summed E-state index contributed by atoms with van der Waals surface area (Å²) in [6.45, 7) is 1.25.